The Morgan fingerprint density at radius 3 is 2.83 bits per heavy atom. The predicted octanol–water partition coefficient (Wildman–Crippen LogP) is -0.543. The zero-order valence-corrected chi connectivity index (χ0v) is 6.47. The van der Waals surface area contributed by atoms with E-state index in [1.54, 1.807) is 0 Å². The normalized spacial score (nSPS) is 52.0. The average Bonchev–Trinajstić information content (AvgIpc) is 2.62. The Bertz CT molecular complexity index is 185. The van der Waals surface area contributed by atoms with E-state index in [0.29, 0.717) is 20.2 Å². The third kappa shape index (κ3) is 0.915. The summed E-state index contributed by atoms with van der Waals surface area (Å²) in [4.78, 5) is 0. The first-order valence-electron chi connectivity index (χ1n) is 4.03. The van der Waals surface area contributed by atoms with Crippen LogP contribution in [0.4, 0.5) is 0 Å². The second-order valence-corrected chi connectivity index (χ2v) is 3.08. The topological polar surface area (TPSA) is 46.2 Å². The molecule has 0 aromatic rings. The van der Waals surface area contributed by atoms with Crippen molar-refractivity contribution in [3.05, 3.63) is 0 Å². The molecule has 12 heavy (non-hydrogen) atoms. The molecule has 0 saturated carbocycles. The highest BCUT2D eigenvalue weighted by atomic mass is 16.8. The Labute approximate surface area is 69.5 Å². The largest absolute Gasteiger partial charge is 0.353 e. The van der Waals surface area contributed by atoms with E-state index >= 15 is 0 Å². The molecule has 5 nitrogen and oxygen atoms in total. The first-order valence-corrected chi connectivity index (χ1v) is 4.03. The van der Waals surface area contributed by atoms with Crippen molar-refractivity contribution < 1.29 is 23.7 Å². The molecule has 0 aliphatic carbocycles. The lowest BCUT2D eigenvalue weighted by atomic mass is 10.1. The predicted molar refractivity (Wildman–Crippen MR) is 35.2 cm³/mol. The molecule has 0 N–H and O–H groups in total. The molecular weight excluding hydrogens is 164 g/mol. The van der Waals surface area contributed by atoms with Gasteiger partial charge in [0, 0.05) is 0 Å². The fourth-order valence-electron chi connectivity index (χ4n) is 1.81. The van der Waals surface area contributed by atoms with Crippen LogP contribution in [0, 0.1) is 0 Å². The number of rotatable bonds is 0. The average molecular weight is 174 g/mol. The van der Waals surface area contributed by atoms with Crippen LogP contribution in [0.1, 0.15) is 0 Å². The molecule has 0 radical (unpaired) electrons. The number of hydrogen-bond acceptors (Lipinski definition) is 5. The van der Waals surface area contributed by atoms with Crippen LogP contribution in [0.3, 0.4) is 0 Å². The lowest BCUT2D eigenvalue weighted by Gasteiger charge is -2.26. The van der Waals surface area contributed by atoms with Crippen LogP contribution in [-0.2, 0) is 23.7 Å². The lowest BCUT2D eigenvalue weighted by Crippen LogP contribution is -2.41. The molecule has 3 saturated heterocycles. The van der Waals surface area contributed by atoms with Crippen LogP contribution in [-0.4, -0.2) is 44.8 Å². The molecule has 5 heteroatoms. The van der Waals surface area contributed by atoms with Crippen LogP contribution >= 0.6 is 0 Å². The molecule has 4 atom stereocenters. The summed E-state index contributed by atoms with van der Waals surface area (Å²) in [5, 5.41) is 0. The summed E-state index contributed by atoms with van der Waals surface area (Å²) in [5.74, 6) is 0. The highest BCUT2D eigenvalue weighted by Gasteiger charge is 2.51. The summed E-state index contributed by atoms with van der Waals surface area (Å²) >= 11 is 0. The summed E-state index contributed by atoms with van der Waals surface area (Å²) in [6, 6.07) is 0. The second kappa shape index (κ2) is 2.65. The van der Waals surface area contributed by atoms with Crippen LogP contribution in [0.15, 0.2) is 0 Å². The van der Waals surface area contributed by atoms with Crippen molar-refractivity contribution in [1.29, 1.82) is 0 Å². The molecule has 0 unspecified atom stereocenters. The smallest absolute Gasteiger partial charge is 0.189 e. The molecular formula is C7H10O5. The van der Waals surface area contributed by atoms with Gasteiger partial charge in [-0.3, -0.25) is 0 Å². The van der Waals surface area contributed by atoms with Crippen molar-refractivity contribution >= 4 is 0 Å². The maximum atomic E-state index is 5.49. The van der Waals surface area contributed by atoms with Gasteiger partial charge in [0.25, 0.3) is 0 Å². The number of fused-ring (bicyclic) bond motifs is 3. The molecule has 0 spiro atoms. The van der Waals surface area contributed by atoms with Gasteiger partial charge in [-0.15, -0.1) is 0 Å². The first kappa shape index (κ1) is 7.23. The Hall–Kier alpha value is -0.200. The van der Waals surface area contributed by atoms with Crippen molar-refractivity contribution in [2.24, 2.45) is 0 Å². The Morgan fingerprint density at radius 1 is 0.917 bits per heavy atom. The van der Waals surface area contributed by atoms with Gasteiger partial charge < -0.3 is 23.7 Å². The summed E-state index contributed by atoms with van der Waals surface area (Å²) in [5.41, 5.74) is 0. The highest BCUT2D eigenvalue weighted by Crippen LogP contribution is 2.32. The van der Waals surface area contributed by atoms with Gasteiger partial charge in [0.1, 0.15) is 25.1 Å². The summed E-state index contributed by atoms with van der Waals surface area (Å²) in [6.45, 7) is 1.21. The minimum absolute atomic E-state index is 0.00810. The maximum absolute atomic E-state index is 5.49. The molecule has 3 aliphatic heterocycles. The van der Waals surface area contributed by atoms with Crippen LogP contribution < -0.4 is 0 Å². The fraction of sp³-hybridized carbons (Fsp3) is 1.00. The molecule has 0 aromatic heterocycles. The standard InChI is InChI=1S/C7H10O5/c1-4-5(9-2-8-1)6-7(12-4)11-3-10-6/h4-7H,1-3H2/t4-,5+,6-,7+/m1/s1. The lowest BCUT2D eigenvalue weighted by molar-refractivity contribution is -0.213. The zero-order valence-electron chi connectivity index (χ0n) is 6.47. The minimum Gasteiger partial charge on any atom is -0.353 e. The molecule has 0 aromatic carbocycles. The van der Waals surface area contributed by atoms with Crippen LogP contribution in [0.5, 0.6) is 0 Å². The van der Waals surface area contributed by atoms with Crippen molar-refractivity contribution in [3.8, 4) is 0 Å². The maximum Gasteiger partial charge on any atom is 0.189 e. The van der Waals surface area contributed by atoms with Gasteiger partial charge in [-0.25, -0.2) is 0 Å². The molecule has 0 bridgehead atoms. The Morgan fingerprint density at radius 2 is 1.83 bits per heavy atom. The SMILES string of the molecule is C1OC[C@H]2O[C@@H]3OCO[C@@H]3[C@H]2O1. The highest BCUT2D eigenvalue weighted by molar-refractivity contribution is 4.91. The van der Waals surface area contributed by atoms with E-state index in [2.05, 4.69) is 0 Å². The van der Waals surface area contributed by atoms with E-state index in [0.717, 1.165) is 0 Å². The number of ether oxygens (including phenoxy) is 5. The molecule has 3 heterocycles. The van der Waals surface area contributed by atoms with Crippen molar-refractivity contribution in [3.63, 3.8) is 0 Å². The molecule has 68 valence electrons. The van der Waals surface area contributed by atoms with E-state index in [-0.39, 0.29) is 24.6 Å². The van der Waals surface area contributed by atoms with Gasteiger partial charge in [-0.2, -0.15) is 0 Å². The van der Waals surface area contributed by atoms with Gasteiger partial charge in [0.15, 0.2) is 13.1 Å². The molecule has 3 aliphatic rings. The molecule has 3 fully saturated rings. The van der Waals surface area contributed by atoms with Gasteiger partial charge >= 0.3 is 0 Å². The minimum atomic E-state index is -0.248. The molecule has 3 rings (SSSR count). The fourth-order valence-corrected chi connectivity index (χ4v) is 1.81. The van der Waals surface area contributed by atoms with E-state index in [4.69, 9.17) is 23.7 Å². The number of hydrogen-bond donors (Lipinski definition) is 0. The van der Waals surface area contributed by atoms with Gasteiger partial charge in [0.2, 0.25) is 0 Å². The molecule has 0 amide bonds. The van der Waals surface area contributed by atoms with Gasteiger partial charge in [-0.05, 0) is 0 Å². The Kier molecular flexibility index (Phi) is 1.59. The van der Waals surface area contributed by atoms with Crippen molar-refractivity contribution in [1.82, 2.24) is 0 Å². The zero-order chi connectivity index (χ0) is 7.97. The van der Waals surface area contributed by atoms with E-state index in [9.17, 15) is 0 Å². The first-order chi connectivity index (χ1) is 5.95. The monoisotopic (exact) mass is 174 g/mol. The Balaban J connectivity index is 1.79. The van der Waals surface area contributed by atoms with E-state index in [1.165, 1.54) is 0 Å². The van der Waals surface area contributed by atoms with E-state index < -0.39 is 0 Å². The third-order valence-corrected chi connectivity index (χ3v) is 2.39. The third-order valence-electron chi connectivity index (χ3n) is 2.39. The van der Waals surface area contributed by atoms with Crippen molar-refractivity contribution in [2.45, 2.75) is 24.6 Å². The van der Waals surface area contributed by atoms with Gasteiger partial charge in [0.05, 0.1) is 6.61 Å². The van der Waals surface area contributed by atoms with Gasteiger partial charge in [-0.1, -0.05) is 0 Å². The summed E-state index contributed by atoms with van der Waals surface area (Å²) in [7, 11) is 0. The second-order valence-electron chi connectivity index (χ2n) is 3.08. The summed E-state index contributed by atoms with van der Waals surface area (Å²) < 4.78 is 26.5. The van der Waals surface area contributed by atoms with Crippen LogP contribution in [0.2, 0.25) is 0 Å². The quantitative estimate of drug-likeness (QED) is 0.493. The van der Waals surface area contributed by atoms with E-state index in [1.807, 2.05) is 0 Å². The van der Waals surface area contributed by atoms with Crippen LogP contribution in [0.25, 0.3) is 0 Å². The summed E-state index contributed by atoms with van der Waals surface area (Å²) in [6.07, 6.45) is -0.333. The van der Waals surface area contributed by atoms with Crippen molar-refractivity contribution in [2.75, 3.05) is 20.2 Å².